The van der Waals surface area contributed by atoms with Crippen molar-refractivity contribution in [2.45, 2.75) is 163 Å². The summed E-state index contributed by atoms with van der Waals surface area (Å²) < 4.78 is 13.3. The Kier molecular flexibility index (Phi) is 21.9. The van der Waals surface area contributed by atoms with Crippen LogP contribution < -0.4 is 9.47 Å². The van der Waals surface area contributed by atoms with Gasteiger partial charge in [0.15, 0.2) is 0 Å². The average molecular weight is 899 g/mol. The van der Waals surface area contributed by atoms with Gasteiger partial charge in [0.2, 0.25) is 0 Å². The fourth-order valence-corrected chi connectivity index (χ4v) is 12.2. The Morgan fingerprint density at radius 2 is 0.919 bits per heavy atom. The molecule has 0 unspecified atom stereocenters. The van der Waals surface area contributed by atoms with Crippen LogP contribution in [0.4, 0.5) is 0 Å². The number of terminal acetylenes is 1. The molecular formula is C56H66O2S4. The van der Waals surface area contributed by atoms with E-state index in [4.69, 9.17) is 15.9 Å². The van der Waals surface area contributed by atoms with E-state index in [0.29, 0.717) is 12.4 Å². The molecule has 0 N–H and O–H groups in total. The Morgan fingerprint density at radius 1 is 0.468 bits per heavy atom. The van der Waals surface area contributed by atoms with Gasteiger partial charge >= 0.3 is 0 Å². The van der Waals surface area contributed by atoms with E-state index in [-0.39, 0.29) is 0 Å². The first-order valence-corrected chi connectivity index (χ1v) is 26.5. The lowest BCUT2D eigenvalue weighted by Gasteiger charge is -2.15. The van der Waals surface area contributed by atoms with Crippen molar-refractivity contribution < 1.29 is 9.47 Å². The fourth-order valence-electron chi connectivity index (χ4n) is 7.67. The third-order valence-corrected chi connectivity index (χ3v) is 15.8. The van der Waals surface area contributed by atoms with Crippen LogP contribution in [0.15, 0.2) is 48.5 Å². The van der Waals surface area contributed by atoms with Crippen LogP contribution in [0.25, 0.3) is 40.4 Å². The number of aryl methyl sites for hydroxylation is 4. The van der Waals surface area contributed by atoms with Crippen LogP contribution >= 0.6 is 45.3 Å². The lowest BCUT2D eigenvalue weighted by molar-refractivity contribution is 0.305. The van der Waals surface area contributed by atoms with Gasteiger partial charge in [-0.2, -0.15) is 0 Å². The number of hydrogen-bond acceptors (Lipinski definition) is 6. The molecule has 0 aliphatic heterocycles. The molecule has 0 saturated carbocycles. The minimum atomic E-state index is 0.674. The van der Waals surface area contributed by atoms with E-state index in [0.717, 1.165) is 41.0 Å². The summed E-state index contributed by atoms with van der Waals surface area (Å²) in [6.07, 6.45) is 32.9. The molecular weight excluding hydrogens is 833 g/mol. The van der Waals surface area contributed by atoms with E-state index in [1.165, 1.54) is 154 Å². The molecule has 62 heavy (non-hydrogen) atoms. The molecule has 5 aromatic rings. The van der Waals surface area contributed by atoms with Crippen LogP contribution in [0.5, 0.6) is 11.5 Å². The number of rotatable bonds is 27. The Hall–Kier alpha value is -4.14. The molecule has 4 heterocycles. The highest BCUT2D eigenvalue weighted by Gasteiger charge is 2.23. The molecule has 0 atom stereocenters. The fraction of sp³-hybridized carbons (Fsp3) is 0.464. The van der Waals surface area contributed by atoms with Crippen LogP contribution in [-0.4, -0.2) is 6.61 Å². The first-order chi connectivity index (χ1) is 30.4. The quantitative estimate of drug-likeness (QED) is 0.0386. The second-order valence-electron chi connectivity index (χ2n) is 16.2. The third kappa shape index (κ3) is 15.6. The monoisotopic (exact) mass is 898 g/mol. The first kappa shape index (κ1) is 48.9. The van der Waals surface area contributed by atoms with Crippen LogP contribution in [0.3, 0.4) is 0 Å². The van der Waals surface area contributed by atoms with Gasteiger partial charge in [-0.3, -0.25) is 0 Å². The number of ether oxygens (including phenoxy) is 2. The van der Waals surface area contributed by atoms with Crippen molar-refractivity contribution in [2.75, 3.05) is 6.61 Å². The van der Waals surface area contributed by atoms with E-state index in [1.807, 2.05) is 45.3 Å². The molecule has 0 aliphatic carbocycles. The maximum Gasteiger partial charge on any atom is 0.149 e. The Labute approximate surface area is 391 Å². The predicted molar refractivity (Wildman–Crippen MR) is 275 cm³/mol. The third-order valence-electron chi connectivity index (χ3n) is 11.0. The molecule has 0 saturated heterocycles. The largest absolute Gasteiger partial charge is 0.493 e. The van der Waals surface area contributed by atoms with Crippen molar-refractivity contribution in [3.05, 3.63) is 69.4 Å². The molecule has 6 heteroatoms. The molecule has 4 aromatic heterocycles. The van der Waals surface area contributed by atoms with E-state index in [9.17, 15) is 0 Å². The predicted octanol–water partition coefficient (Wildman–Crippen LogP) is 17.7. The molecule has 0 amide bonds. The minimum Gasteiger partial charge on any atom is -0.493 e. The van der Waals surface area contributed by atoms with Gasteiger partial charge < -0.3 is 9.47 Å². The molecule has 0 fully saturated rings. The molecule has 5 rings (SSSR count). The minimum absolute atomic E-state index is 0.674. The lowest BCUT2D eigenvalue weighted by Crippen LogP contribution is -2.00. The van der Waals surface area contributed by atoms with Gasteiger partial charge in [-0.15, -0.1) is 51.8 Å². The van der Waals surface area contributed by atoms with Crippen molar-refractivity contribution in [1.82, 2.24) is 0 Å². The maximum atomic E-state index is 6.90. The molecule has 2 nitrogen and oxygen atoms in total. The van der Waals surface area contributed by atoms with Crippen molar-refractivity contribution >= 4 is 45.3 Å². The van der Waals surface area contributed by atoms with Gasteiger partial charge in [0.25, 0.3) is 0 Å². The Bertz CT molecular complexity index is 2360. The number of thiophene rings is 4. The smallest absolute Gasteiger partial charge is 0.149 e. The van der Waals surface area contributed by atoms with E-state index in [1.54, 1.807) is 0 Å². The number of hydrogen-bond donors (Lipinski definition) is 0. The average Bonchev–Trinajstić information content (AvgIpc) is 4.10. The van der Waals surface area contributed by atoms with Crippen LogP contribution in [-0.2, 0) is 12.8 Å². The molecule has 0 radical (unpaired) electrons. The highest BCUT2D eigenvalue weighted by molar-refractivity contribution is 7.24. The SMILES string of the molecule is C#CC#CC#CC#COc1cc(-c2cc(CCCCCCCC)c(-c3ccc(C)s3)s2)c(OCCCCCCCC)cc1-c1cc(CCCCCCCC)c(-c2ccc(C)s2)s1. The van der Waals surface area contributed by atoms with Crippen molar-refractivity contribution in [3.8, 4) is 99.9 Å². The highest BCUT2D eigenvalue weighted by Crippen LogP contribution is 2.50. The maximum absolute atomic E-state index is 6.90. The second kappa shape index (κ2) is 27.8. The molecule has 0 spiro atoms. The lowest BCUT2D eigenvalue weighted by atomic mass is 10.0. The summed E-state index contributed by atoms with van der Waals surface area (Å²) in [7, 11) is 0. The zero-order valence-electron chi connectivity index (χ0n) is 38.0. The number of benzene rings is 1. The van der Waals surface area contributed by atoms with E-state index in [2.05, 4.69) is 125 Å². The van der Waals surface area contributed by atoms with Crippen molar-refractivity contribution in [1.29, 1.82) is 0 Å². The number of unbranched alkanes of at least 4 members (excludes halogenated alkanes) is 15. The van der Waals surface area contributed by atoms with E-state index >= 15 is 0 Å². The summed E-state index contributed by atoms with van der Waals surface area (Å²) in [4.78, 5) is 10.4. The van der Waals surface area contributed by atoms with Crippen molar-refractivity contribution in [3.63, 3.8) is 0 Å². The van der Waals surface area contributed by atoms with Crippen LogP contribution in [0.2, 0.25) is 0 Å². The van der Waals surface area contributed by atoms with Crippen molar-refractivity contribution in [2.24, 2.45) is 0 Å². The van der Waals surface area contributed by atoms with Gasteiger partial charge in [0.05, 0.1) is 6.61 Å². The summed E-state index contributed by atoms with van der Waals surface area (Å²) in [5, 5.41) is 0. The molecule has 326 valence electrons. The standard InChI is InChI=1S/C56H66O2S4/c1-7-11-15-19-23-27-31-45-39-53(61-55(45)51-35-33-43(5)59-51)47-41-50(58-38-30-26-22-18-14-10-4)48(42-49(47)57-37-29-25-21-17-13-9-3)54-40-46(32-28-24-20-16-12-8-2)56(62-54)52-36-34-44(6)60-52/h3,33-36,39-42H,7-8,10-12,14-16,18-20,22-24,26-28,30-32,38H2,1-2,4-6H3. The van der Waals surface area contributed by atoms with E-state index < -0.39 is 0 Å². The Balaban J connectivity index is 1.61. The molecule has 0 aliphatic rings. The summed E-state index contributed by atoms with van der Waals surface area (Å²) in [5.41, 5.74) is 4.87. The Morgan fingerprint density at radius 3 is 1.42 bits per heavy atom. The summed E-state index contributed by atoms with van der Waals surface area (Å²) in [5.74, 6) is 17.4. The first-order valence-electron chi connectivity index (χ1n) is 23.3. The zero-order valence-corrected chi connectivity index (χ0v) is 41.3. The van der Waals surface area contributed by atoms with Gasteiger partial charge in [0.1, 0.15) is 17.6 Å². The molecule has 1 aromatic carbocycles. The van der Waals surface area contributed by atoms with Gasteiger partial charge in [-0.05, 0) is 123 Å². The summed E-state index contributed by atoms with van der Waals surface area (Å²) >= 11 is 7.49. The highest BCUT2D eigenvalue weighted by atomic mass is 32.1. The topological polar surface area (TPSA) is 18.5 Å². The summed E-state index contributed by atoms with van der Waals surface area (Å²) in [6.45, 7) is 11.9. The van der Waals surface area contributed by atoms with Gasteiger partial charge in [-0.25, -0.2) is 0 Å². The van der Waals surface area contributed by atoms with Gasteiger partial charge in [0, 0.05) is 67.9 Å². The normalized spacial score (nSPS) is 10.6. The second-order valence-corrected chi connectivity index (χ2v) is 20.9. The van der Waals surface area contributed by atoms with Crippen LogP contribution in [0, 0.1) is 61.9 Å². The van der Waals surface area contributed by atoms with Crippen LogP contribution in [0.1, 0.15) is 157 Å². The summed E-state index contributed by atoms with van der Waals surface area (Å²) in [6, 6.07) is 18.3. The molecule has 0 bridgehead atoms. The zero-order chi connectivity index (χ0) is 43.8. The van der Waals surface area contributed by atoms with Gasteiger partial charge in [-0.1, -0.05) is 117 Å².